The van der Waals surface area contributed by atoms with Gasteiger partial charge in [-0.05, 0) is 37.1 Å². The predicted molar refractivity (Wildman–Crippen MR) is 86.0 cm³/mol. The third-order valence-electron chi connectivity index (χ3n) is 3.65. The van der Waals surface area contributed by atoms with Gasteiger partial charge in [-0.15, -0.1) is 0 Å². The SMILES string of the molecule is CCCCCCCC(NCC)c1ccc(C)c(Cl)c1. The van der Waals surface area contributed by atoms with Crippen LogP contribution in [0.15, 0.2) is 18.2 Å². The minimum atomic E-state index is 0.449. The summed E-state index contributed by atoms with van der Waals surface area (Å²) in [7, 11) is 0. The van der Waals surface area contributed by atoms with Crippen LogP contribution in [0, 0.1) is 6.92 Å². The molecule has 2 heteroatoms. The maximum Gasteiger partial charge on any atom is 0.0438 e. The van der Waals surface area contributed by atoms with Gasteiger partial charge in [-0.1, -0.05) is 69.7 Å². The molecule has 0 fully saturated rings. The second-order valence-electron chi connectivity index (χ2n) is 5.32. The number of nitrogens with one attached hydrogen (secondary N) is 1. The highest BCUT2D eigenvalue weighted by atomic mass is 35.5. The van der Waals surface area contributed by atoms with Crippen LogP contribution < -0.4 is 5.32 Å². The quantitative estimate of drug-likeness (QED) is 0.576. The highest BCUT2D eigenvalue weighted by Crippen LogP contribution is 2.25. The number of rotatable bonds is 9. The van der Waals surface area contributed by atoms with Gasteiger partial charge >= 0.3 is 0 Å². The number of benzene rings is 1. The van der Waals surface area contributed by atoms with E-state index in [0.29, 0.717) is 6.04 Å². The van der Waals surface area contributed by atoms with Crippen LogP contribution in [0.3, 0.4) is 0 Å². The Balaban J connectivity index is 2.53. The summed E-state index contributed by atoms with van der Waals surface area (Å²) >= 11 is 6.23. The molecule has 0 saturated carbocycles. The van der Waals surface area contributed by atoms with Gasteiger partial charge in [-0.3, -0.25) is 0 Å². The predicted octanol–water partition coefficient (Wildman–Crippen LogP) is 5.66. The van der Waals surface area contributed by atoms with Crippen molar-refractivity contribution in [3.8, 4) is 0 Å². The van der Waals surface area contributed by atoms with Crippen molar-refractivity contribution < 1.29 is 0 Å². The van der Waals surface area contributed by atoms with Gasteiger partial charge in [0.05, 0.1) is 0 Å². The summed E-state index contributed by atoms with van der Waals surface area (Å²) in [6, 6.07) is 6.90. The fourth-order valence-corrected chi connectivity index (χ4v) is 2.60. The van der Waals surface area contributed by atoms with Crippen molar-refractivity contribution >= 4 is 11.6 Å². The van der Waals surface area contributed by atoms with E-state index in [1.54, 1.807) is 0 Å². The maximum atomic E-state index is 6.23. The zero-order chi connectivity index (χ0) is 14.1. The largest absolute Gasteiger partial charge is 0.310 e. The molecule has 0 aliphatic carbocycles. The number of unbranched alkanes of at least 4 members (excludes halogenated alkanes) is 4. The van der Waals surface area contributed by atoms with Crippen LogP contribution in [-0.4, -0.2) is 6.54 Å². The van der Waals surface area contributed by atoms with Crippen LogP contribution in [0.4, 0.5) is 0 Å². The summed E-state index contributed by atoms with van der Waals surface area (Å²) < 4.78 is 0. The molecule has 0 aliphatic heterocycles. The first kappa shape index (κ1) is 16.5. The average Bonchev–Trinajstić information content (AvgIpc) is 2.40. The first-order chi connectivity index (χ1) is 9.19. The lowest BCUT2D eigenvalue weighted by molar-refractivity contribution is 0.479. The maximum absolute atomic E-state index is 6.23. The third-order valence-corrected chi connectivity index (χ3v) is 4.05. The molecule has 0 saturated heterocycles. The third kappa shape index (κ3) is 5.97. The molecule has 0 bridgehead atoms. The van der Waals surface area contributed by atoms with Crippen molar-refractivity contribution in [1.82, 2.24) is 5.32 Å². The van der Waals surface area contributed by atoms with Gasteiger partial charge in [0.25, 0.3) is 0 Å². The Kier molecular flexibility index (Phi) is 8.16. The molecule has 1 rings (SSSR count). The van der Waals surface area contributed by atoms with Crippen molar-refractivity contribution in [2.45, 2.75) is 65.3 Å². The van der Waals surface area contributed by atoms with Crippen molar-refractivity contribution in [2.75, 3.05) is 6.54 Å². The lowest BCUT2D eigenvalue weighted by Crippen LogP contribution is -2.20. The van der Waals surface area contributed by atoms with E-state index in [1.165, 1.54) is 44.1 Å². The number of aryl methyl sites for hydroxylation is 1. The normalized spacial score (nSPS) is 12.6. The van der Waals surface area contributed by atoms with Crippen LogP contribution in [-0.2, 0) is 0 Å². The lowest BCUT2D eigenvalue weighted by atomic mass is 9.99. The molecule has 0 heterocycles. The van der Waals surface area contributed by atoms with Crippen LogP contribution in [0.25, 0.3) is 0 Å². The van der Waals surface area contributed by atoms with Crippen LogP contribution in [0.1, 0.15) is 69.5 Å². The molecule has 0 aliphatic rings. The minimum absolute atomic E-state index is 0.449. The Morgan fingerprint density at radius 3 is 2.47 bits per heavy atom. The molecule has 1 N–H and O–H groups in total. The Hall–Kier alpha value is -0.530. The van der Waals surface area contributed by atoms with E-state index in [1.807, 2.05) is 0 Å². The average molecular weight is 282 g/mol. The number of hydrogen-bond acceptors (Lipinski definition) is 1. The van der Waals surface area contributed by atoms with Crippen molar-refractivity contribution in [2.24, 2.45) is 0 Å². The molecular weight excluding hydrogens is 254 g/mol. The molecule has 0 spiro atoms. The molecule has 1 nitrogen and oxygen atoms in total. The molecule has 108 valence electrons. The Labute approximate surface area is 123 Å². The first-order valence-electron chi connectivity index (χ1n) is 7.68. The van der Waals surface area contributed by atoms with Gasteiger partial charge in [0.1, 0.15) is 0 Å². The zero-order valence-corrected chi connectivity index (χ0v) is 13.4. The summed E-state index contributed by atoms with van der Waals surface area (Å²) in [4.78, 5) is 0. The molecule has 1 aromatic rings. The Morgan fingerprint density at radius 2 is 1.84 bits per heavy atom. The highest BCUT2D eigenvalue weighted by molar-refractivity contribution is 6.31. The molecule has 0 radical (unpaired) electrons. The highest BCUT2D eigenvalue weighted by Gasteiger charge is 2.10. The Bertz CT molecular complexity index is 362. The molecule has 0 aromatic heterocycles. The van der Waals surface area contributed by atoms with Crippen molar-refractivity contribution in [1.29, 1.82) is 0 Å². The van der Waals surface area contributed by atoms with Gasteiger partial charge < -0.3 is 5.32 Å². The van der Waals surface area contributed by atoms with E-state index in [2.05, 4.69) is 44.3 Å². The first-order valence-corrected chi connectivity index (χ1v) is 8.06. The van der Waals surface area contributed by atoms with E-state index in [9.17, 15) is 0 Å². The summed E-state index contributed by atoms with van der Waals surface area (Å²) in [5, 5.41) is 4.46. The molecule has 1 atom stereocenters. The van der Waals surface area contributed by atoms with Crippen molar-refractivity contribution in [3.63, 3.8) is 0 Å². The summed E-state index contributed by atoms with van der Waals surface area (Å²) in [6.45, 7) is 7.49. The molecule has 1 aromatic carbocycles. The fraction of sp³-hybridized carbons (Fsp3) is 0.647. The van der Waals surface area contributed by atoms with Gasteiger partial charge in [-0.2, -0.15) is 0 Å². The summed E-state index contributed by atoms with van der Waals surface area (Å²) in [5.74, 6) is 0. The molecule has 0 amide bonds. The van der Waals surface area contributed by atoms with Crippen molar-refractivity contribution in [3.05, 3.63) is 34.3 Å². The van der Waals surface area contributed by atoms with Gasteiger partial charge in [0.2, 0.25) is 0 Å². The molecule has 1 unspecified atom stereocenters. The second-order valence-corrected chi connectivity index (χ2v) is 5.73. The zero-order valence-electron chi connectivity index (χ0n) is 12.6. The minimum Gasteiger partial charge on any atom is -0.310 e. The number of halogens is 1. The topological polar surface area (TPSA) is 12.0 Å². The second kappa shape index (κ2) is 9.39. The van der Waals surface area contributed by atoms with Gasteiger partial charge in [0, 0.05) is 11.1 Å². The van der Waals surface area contributed by atoms with Crippen LogP contribution in [0.2, 0.25) is 5.02 Å². The van der Waals surface area contributed by atoms with Gasteiger partial charge in [0.15, 0.2) is 0 Å². The van der Waals surface area contributed by atoms with Crippen LogP contribution in [0.5, 0.6) is 0 Å². The monoisotopic (exact) mass is 281 g/mol. The van der Waals surface area contributed by atoms with Gasteiger partial charge in [-0.25, -0.2) is 0 Å². The fourth-order valence-electron chi connectivity index (χ4n) is 2.41. The smallest absolute Gasteiger partial charge is 0.0438 e. The Morgan fingerprint density at radius 1 is 1.11 bits per heavy atom. The van der Waals surface area contributed by atoms with E-state index in [0.717, 1.165) is 17.1 Å². The molecule has 19 heavy (non-hydrogen) atoms. The van der Waals surface area contributed by atoms with E-state index < -0.39 is 0 Å². The lowest BCUT2D eigenvalue weighted by Gasteiger charge is -2.19. The van der Waals surface area contributed by atoms with E-state index >= 15 is 0 Å². The number of hydrogen-bond donors (Lipinski definition) is 1. The summed E-state index contributed by atoms with van der Waals surface area (Å²) in [6.07, 6.45) is 7.88. The molecular formula is C17H28ClN. The van der Waals surface area contributed by atoms with E-state index in [4.69, 9.17) is 11.6 Å². The standard InChI is InChI=1S/C17H28ClN/c1-4-6-7-8-9-10-17(19-5-2)15-12-11-14(3)16(18)13-15/h11-13,17,19H,4-10H2,1-3H3. The summed E-state index contributed by atoms with van der Waals surface area (Å²) in [5.41, 5.74) is 2.48. The van der Waals surface area contributed by atoms with E-state index in [-0.39, 0.29) is 0 Å². The van der Waals surface area contributed by atoms with Crippen LogP contribution >= 0.6 is 11.6 Å².